The average Bonchev–Trinajstić information content (AvgIpc) is 3.10. The van der Waals surface area contributed by atoms with Gasteiger partial charge in [0.05, 0.1) is 0 Å². The second kappa shape index (κ2) is 8.56. The molecule has 2 aromatic rings. The second-order valence-electron chi connectivity index (χ2n) is 6.76. The molecule has 25 heavy (non-hydrogen) atoms. The van der Waals surface area contributed by atoms with Crippen molar-refractivity contribution < 1.29 is 4.79 Å². The molecule has 0 radical (unpaired) electrons. The first-order chi connectivity index (χ1) is 12.2. The summed E-state index contributed by atoms with van der Waals surface area (Å²) in [5.41, 5.74) is 8.47. The molecule has 1 atom stereocenters. The number of likely N-dealkylation sites (tertiary alicyclic amines) is 1. The van der Waals surface area contributed by atoms with E-state index in [4.69, 9.17) is 5.73 Å². The average molecular weight is 359 g/mol. The number of nitrogens with two attached hydrogens (primary N) is 1. The lowest BCUT2D eigenvalue weighted by Crippen LogP contribution is -2.34. The van der Waals surface area contributed by atoms with Crippen molar-refractivity contribution in [3.8, 4) is 0 Å². The number of rotatable bonds is 6. The fourth-order valence-electron chi connectivity index (χ4n) is 3.33. The van der Waals surface area contributed by atoms with E-state index in [0.29, 0.717) is 18.8 Å². The van der Waals surface area contributed by atoms with Crippen LogP contribution in [0.4, 0.5) is 0 Å². The van der Waals surface area contributed by atoms with Crippen molar-refractivity contribution in [3.63, 3.8) is 0 Å². The van der Waals surface area contributed by atoms with Crippen molar-refractivity contribution in [2.75, 3.05) is 13.1 Å². The van der Waals surface area contributed by atoms with Gasteiger partial charge in [0.1, 0.15) is 10.7 Å². The van der Waals surface area contributed by atoms with Gasteiger partial charge in [-0.15, -0.1) is 11.3 Å². The van der Waals surface area contributed by atoms with E-state index in [1.807, 2.05) is 6.07 Å². The third-order valence-electron chi connectivity index (χ3n) is 4.65. The lowest BCUT2D eigenvalue weighted by atomic mass is 9.99. The van der Waals surface area contributed by atoms with Crippen LogP contribution in [0.2, 0.25) is 0 Å². The number of aromatic nitrogens is 1. The van der Waals surface area contributed by atoms with E-state index in [0.717, 1.165) is 30.6 Å². The smallest absolute Gasteiger partial charge is 0.271 e. The van der Waals surface area contributed by atoms with Crippen LogP contribution in [0.1, 0.15) is 46.4 Å². The molecule has 0 saturated carbocycles. The maximum absolute atomic E-state index is 12.3. The Kier molecular flexibility index (Phi) is 6.18. The molecular formula is C19H26N4OS. The Morgan fingerprint density at radius 2 is 2.20 bits per heavy atom. The van der Waals surface area contributed by atoms with Gasteiger partial charge in [-0.1, -0.05) is 31.2 Å². The molecule has 0 aliphatic carbocycles. The minimum atomic E-state index is -0.141. The van der Waals surface area contributed by atoms with Gasteiger partial charge in [0.2, 0.25) is 0 Å². The lowest BCUT2D eigenvalue weighted by Gasteiger charge is -2.31. The molecule has 0 spiro atoms. The molecule has 134 valence electrons. The zero-order valence-electron chi connectivity index (χ0n) is 14.7. The molecule has 1 aromatic carbocycles. The van der Waals surface area contributed by atoms with E-state index >= 15 is 0 Å². The van der Waals surface area contributed by atoms with Gasteiger partial charge >= 0.3 is 0 Å². The molecule has 1 aliphatic rings. The van der Waals surface area contributed by atoms with Gasteiger partial charge in [-0.3, -0.25) is 9.69 Å². The summed E-state index contributed by atoms with van der Waals surface area (Å²) in [7, 11) is 0. The summed E-state index contributed by atoms with van der Waals surface area (Å²) >= 11 is 1.42. The van der Waals surface area contributed by atoms with Crippen LogP contribution in [0, 0.1) is 5.92 Å². The van der Waals surface area contributed by atoms with E-state index in [2.05, 4.69) is 40.3 Å². The van der Waals surface area contributed by atoms with E-state index in [-0.39, 0.29) is 5.91 Å². The number of benzene rings is 1. The van der Waals surface area contributed by atoms with Crippen LogP contribution < -0.4 is 11.1 Å². The number of piperidine rings is 1. The van der Waals surface area contributed by atoms with Crippen LogP contribution >= 0.6 is 11.3 Å². The Labute approximate surface area is 153 Å². The highest BCUT2D eigenvalue weighted by molar-refractivity contribution is 7.09. The van der Waals surface area contributed by atoms with E-state index in [9.17, 15) is 4.79 Å². The van der Waals surface area contributed by atoms with Gasteiger partial charge in [0.15, 0.2) is 0 Å². The van der Waals surface area contributed by atoms with Crippen LogP contribution in [-0.2, 0) is 19.6 Å². The molecular weight excluding hydrogens is 332 g/mol. The summed E-state index contributed by atoms with van der Waals surface area (Å²) in [5, 5.41) is 5.53. The van der Waals surface area contributed by atoms with Crippen molar-refractivity contribution in [1.82, 2.24) is 15.2 Å². The zero-order chi connectivity index (χ0) is 17.6. The Bertz CT molecular complexity index is 715. The molecule has 6 heteroatoms. The molecule has 1 fully saturated rings. The number of nitrogens with zero attached hydrogens (tertiary/aromatic N) is 2. The Morgan fingerprint density at radius 1 is 1.40 bits per heavy atom. The number of carbonyl (C=O) groups excluding carboxylic acids is 1. The number of nitrogens with one attached hydrogen (secondary N) is 1. The quantitative estimate of drug-likeness (QED) is 0.833. The number of thiazole rings is 1. The van der Waals surface area contributed by atoms with Crippen molar-refractivity contribution in [3.05, 3.63) is 51.5 Å². The molecule has 5 nitrogen and oxygen atoms in total. The SMILES string of the molecule is CC1CCCN(Cc2ccccc2CNC(=O)c2csc(CN)n2)C1. The molecule has 1 saturated heterocycles. The molecule has 1 amide bonds. The molecule has 1 unspecified atom stereocenters. The first kappa shape index (κ1) is 18.0. The third-order valence-corrected chi connectivity index (χ3v) is 5.52. The van der Waals surface area contributed by atoms with Crippen LogP contribution in [0.3, 0.4) is 0 Å². The number of carbonyl (C=O) groups is 1. The molecule has 3 N–H and O–H groups in total. The Balaban J connectivity index is 1.61. The van der Waals surface area contributed by atoms with E-state index < -0.39 is 0 Å². The number of amides is 1. The molecule has 1 aliphatic heterocycles. The minimum Gasteiger partial charge on any atom is -0.347 e. The summed E-state index contributed by atoms with van der Waals surface area (Å²) in [5.74, 6) is 0.624. The van der Waals surface area contributed by atoms with Gasteiger partial charge in [0, 0.05) is 31.6 Å². The van der Waals surface area contributed by atoms with Gasteiger partial charge in [0.25, 0.3) is 5.91 Å². The first-order valence-electron chi connectivity index (χ1n) is 8.87. The maximum atomic E-state index is 12.3. The lowest BCUT2D eigenvalue weighted by molar-refractivity contribution is 0.0946. The topological polar surface area (TPSA) is 71.2 Å². The summed E-state index contributed by atoms with van der Waals surface area (Å²) in [6.07, 6.45) is 2.60. The largest absolute Gasteiger partial charge is 0.347 e. The van der Waals surface area contributed by atoms with Gasteiger partial charge in [-0.25, -0.2) is 4.98 Å². The minimum absolute atomic E-state index is 0.141. The monoisotopic (exact) mass is 358 g/mol. The third kappa shape index (κ3) is 4.87. The highest BCUT2D eigenvalue weighted by atomic mass is 32.1. The summed E-state index contributed by atoms with van der Waals surface area (Å²) in [6.45, 7) is 6.47. The van der Waals surface area contributed by atoms with Gasteiger partial charge in [-0.2, -0.15) is 0 Å². The van der Waals surface area contributed by atoms with Crippen LogP contribution in [0.5, 0.6) is 0 Å². The van der Waals surface area contributed by atoms with Gasteiger partial charge in [-0.05, 0) is 36.4 Å². The highest BCUT2D eigenvalue weighted by Crippen LogP contribution is 2.19. The predicted octanol–water partition coefficient (Wildman–Crippen LogP) is 2.76. The number of hydrogen-bond acceptors (Lipinski definition) is 5. The fraction of sp³-hybridized carbons (Fsp3) is 0.474. The predicted molar refractivity (Wildman–Crippen MR) is 101 cm³/mol. The fourth-order valence-corrected chi connectivity index (χ4v) is 3.99. The maximum Gasteiger partial charge on any atom is 0.271 e. The van der Waals surface area contributed by atoms with Crippen LogP contribution in [0.15, 0.2) is 29.6 Å². The molecule has 1 aromatic heterocycles. The number of hydrogen-bond donors (Lipinski definition) is 2. The normalized spacial score (nSPS) is 18.2. The standard InChI is InChI=1S/C19H26N4OS/c1-14-5-4-8-23(11-14)12-16-7-3-2-6-15(16)10-21-19(24)17-13-25-18(9-20)22-17/h2-3,6-7,13-14H,4-5,8-12,20H2,1H3,(H,21,24). The molecule has 0 bridgehead atoms. The molecule has 2 heterocycles. The summed E-state index contributed by atoms with van der Waals surface area (Å²) in [4.78, 5) is 19.0. The zero-order valence-corrected chi connectivity index (χ0v) is 15.5. The van der Waals surface area contributed by atoms with Crippen LogP contribution in [-0.4, -0.2) is 28.9 Å². The second-order valence-corrected chi connectivity index (χ2v) is 7.71. The summed E-state index contributed by atoms with van der Waals surface area (Å²) in [6, 6.07) is 8.35. The van der Waals surface area contributed by atoms with Crippen LogP contribution in [0.25, 0.3) is 0 Å². The van der Waals surface area contributed by atoms with Crippen molar-refractivity contribution >= 4 is 17.2 Å². The van der Waals surface area contributed by atoms with E-state index in [1.165, 1.54) is 35.3 Å². The highest BCUT2D eigenvalue weighted by Gasteiger charge is 2.17. The van der Waals surface area contributed by atoms with Crippen molar-refractivity contribution in [2.45, 2.75) is 39.4 Å². The first-order valence-corrected chi connectivity index (χ1v) is 9.75. The Hall–Kier alpha value is -1.76. The summed E-state index contributed by atoms with van der Waals surface area (Å²) < 4.78 is 0. The van der Waals surface area contributed by atoms with Crippen molar-refractivity contribution in [2.24, 2.45) is 11.7 Å². The van der Waals surface area contributed by atoms with Crippen molar-refractivity contribution in [1.29, 1.82) is 0 Å². The Morgan fingerprint density at radius 3 is 2.92 bits per heavy atom. The molecule has 3 rings (SSSR count). The van der Waals surface area contributed by atoms with Gasteiger partial charge < -0.3 is 11.1 Å². The van der Waals surface area contributed by atoms with E-state index in [1.54, 1.807) is 5.38 Å².